The van der Waals surface area contributed by atoms with Crippen LogP contribution in [0.1, 0.15) is 35.7 Å². The van der Waals surface area contributed by atoms with Gasteiger partial charge in [-0.05, 0) is 57.1 Å². The summed E-state index contributed by atoms with van der Waals surface area (Å²) in [6.45, 7) is 3.60. The van der Waals surface area contributed by atoms with Crippen LogP contribution in [0.3, 0.4) is 0 Å². The topological polar surface area (TPSA) is 41.1 Å². The van der Waals surface area contributed by atoms with Crippen LogP contribution in [0.25, 0.3) is 0 Å². The van der Waals surface area contributed by atoms with Crippen LogP contribution >= 0.6 is 0 Å². The molecule has 0 radical (unpaired) electrons. The van der Waals surface area contributed by atoms with Crippen LogP contribution in [0.15, 0.2) is 24.3 Å². The highest BCUT2D eigenvalue weighted by Gasteiger charge is 2.31. The molecule has 1 amide bonds. The summed E-state index contributed by atoms with van der Waals surface area (Å²) in [5.74, 6) is -0.330. The zero-order valence-electron chi connectivity index (χ0n) is 11.2. The smallest absolute Gasteiger partial charge is 0.347 e. The van der Waals surface area contributed by atoms with Crippen molar-refractivity contribution in [1.29, 1.82) is 0 Å². The maximum atomic E-state index is 12.4. The Labute approximate surface area is 115 Å². The van der Waals surface area contributed by atoms with Crippen molar-refractivity contribution < 1.29 is 18.0 Å². The lowest BCUT2D eigenvalue weighted by Crippen LogP contribution is -2.52. The van der Waals surface area contributed by atoms with Crippen molar-refractivity contribution in [3.8, 4) is 0 Å². The number of halogens is 3. The van der Waals surface area contributed by atoms with Gasteiger partial charge in [-0.25, -0.2) is 0 Å². The molecule has 0 atom stereocenters. The van der Waals surface area contributed by atoms with E-state index in [4.69, 9.17) is 0 Å². The Morgan fingerprint density at radius 1 is 1.20 bits per heavy atom. The second-order valence-electron chi connectivity index (χ2n) is 5.34. The van der Waals surface area contributed by atoms with Crippen molar-refractivity contribution >= 4 is 5.91 Å². The van der Waals surface area contributed by atoms with E-state index in [1.165, 1.54) is 12.1 Å². The molecule has 1 aromatic carbocycles. The predicted molar refractivity (Wildman–Crippen MR) is 69.4 cm³/mol. The molecule has 0 saturated carbocycles. The van der Waals surface area contributed by atoms with Gasteiger partial charge in [0.05, 0.1) is 5.56 Å². The first kappa shape index (κ1) is 14.8. The predicted octanol–water partition coefficient (Wildman–Crippen LogP) is 2.58. The van der Waals surface area contributed by atoms with Crippen LogP contribution in [0.2, 0.25) is 0 Å². The van der Waals surface area contributed by atoms with E-state index in [-0.39, 0.29) is 17.0 Å². The fourth-order valence-corrected chi connectivity index (χ4v) is 2.26. The molecule has 1 aromatic rings. The van der Waals surface area contributed by atoms with Crippen LogP contribution in [0, 0.1) is 0 Å². The minimum Gasteiger partial charge on any atom is -0.347 e. The molecule has 3 nitrogen and oxygen atoms in total. The van der Waals surface area contributed by atoms with Gasteiger partial charge in [0, 0.05) is 11.1 Å². The van der Waals surface area contributed by atoms with E-state index >= 15 is 0 Å². The van der Waals surface area contributed by atoms with E-state index in [0.29, 0.717) is 0 Å². The third-order valence-corrected chi connectivity index (χ3v) is 3.60. The first-order valence-corrected chi connectivity index (χ1v) is 6.51. The molecule has 1 fully saturated rings. The average Bonchev–Trinajstić information content (AvgIpc) is 2.38. The SMILES string of the molecule is CC1(NC(=O)c2ccc(C(F)(F)F)cc2)CCNCC1. The Hall–Kier alpha value is -1.56. The van der Waals surface area contributed by atoms with E-state index in [1.54, 1.807) is 0 Å². The third-order valence-electron chi connectivity index (χ3n) is 3.60. The fraction of sp³-hybridized carbons (Fsp3) is 0.500. The quantitative estimate of drug-likeness (QED) is 0.877. The number of nitrogens with one attached hydrogen (secondary N) is 2. The van der Waals surface area contributed by atoms with Gasteiger partial charge in [-0.2, -0.15) is 13.2 Å². The minimum absolute atomic E-state index is 0.248. The van der Waals surface area contributed by atoms with Crippen molar-refractivity contribution in [1.82, 2.24) is 10.6 Å². The molecule has 0 unspecified atom stereocenters. The number of carbonyl (C=O) groups is 1. The van der Waals surface area contributed by atoms with Crippen LogP contribution in [-0.4, -0.2) is 24.5 Å². The summed E-state index contributed by atoms with van der Waals surface area (Å²) >= 11 is 0. The summed E-state index contributed by atoms with van der Waals surface area (Å²) in [7, 11) is 0. The number of hydrogen-bond acceptors (Lipinski definition) is 2. The molecule has 2 rings (SSSR count). The first-order chi connectivity index (χ1) is 9.30. The highest BCUT2D eigenvalue weighted by Crippen LogP contribution is 2.29. The summed E-state index contributed by atoms with van der Waals surface area (Å²) in [5, 5.41) is 6.11. The number of hydrogen-bond donors (Lipinski definition) is 2. The number of benzene rings is 1. The summed E-state index contributed by atoms with van der Waals surface area (Å²) in [4.78, 5) is 12.1. The van der Waals surface area contributed by atoms with Gasteiger partial charge in [0.1, 0.15) is 0 Å². The van der Waals surface area contributed by atoms with E-state index in [9.17, 15) is 18.0 Å². The van der Waals surface area contributed by atoms with Crippen molar-refractivity contribution in [3.63, 3.8) is 0 Å². The van der Waals surface area contributed by atoms with E-state index in [2.05, 4.69) is 10.6 Å². The standard InChI is InChI=1S/C14H17F3N2O/c1-13(6-8-18-9-7-13)19-12(20)10-2-4-11(5-3-10)14(15,16)17/h2-5,18H,6-9H2,1H3,(H,19,20). The maximum Gasteiger partial charge on any atom is 0.416 e. The van der Waals surface area contributed by atoms with Gasteiger partial charge >= 0.3 is 6.18 Å². The molecule has 2 N–H and O–H groups in total. The summed E-state index contributed by atoms with van der Waals surface area (Å²) in [5.41, 5.74) is -0.801. The van der Waals surface area contributed by atoms with Gasteiger partial charge in [0.25, 0.3) is 5.91 Å². The van der Waals surface area contributed by atoms with Gasteiger partial charge in [-0.3, -0.25) is 4.79 Å². The Bertz CT molecular complexity index is 476. The lowest BCUT2D eigenvalue weighted by Gasteiger charge is -2.35. The summed E-state index contributed by atoms with van der Waals surface area (Å²) in [6.07, 6.45) is -2.77. The van der Waals surface area contributed by atoms with E-state index < -0.39 is 11.7 Å². The molecule has 1 aliphatic heterocycles. The number of amides is 1. The molecule has 110 valence electrons. The molecule has 0 aromatic heterocycles. The lowest BCUT2D eigenvalue weighted by molar-refractivity contribution is -0.137. The highest BCUT2D eigenvalue weighted by atomic mass is 19.4. The molecular formula is C14H17F3N2O. The van der Waals surface area contributed by atoms with Crippen molar-refractivity contribution in [2.45, 2.75) is 31.5 Å². The number of rotatable bonds is 2. The van der Waals surface area contributed by atoms with Crippen molar-refractivity contribution in [3.05, 3.63) is 35.4 Å². The molecular weight excluding hydrogens is 269 g/mol. The third kappa shape index (κ3) is 3.50. The zero-order valence-corrected chi connectivity index (χ0v) is 11.2. The fourth-order valence-electron chi connectivity index (χ4n) is 2.26. The lowest BCUT2D eigenvalue weighted by atomic mass is 9.90. The van der Waals surface area contributed by atoms with Crippen molar-refractivity contribution in [2.24, 2.45) is 0 Å². The van der Waals surface area contributed by atoms with Crippen LogP contribution in [-0.2, 0) is 6.18 Å². The first-order valence-electron chi connectivity index (χ1n) is 6.51. The van der Waals surface area contributed by atoms with Crippen LogP contribution < -0.4 is 10.6 Å². The summed E-state index contributed by atoms with van der Waals surface area (Å²) in [6, 6.07) is 4.28. The molecule has 0 aliphatic carbocycles. The van der Waals surface area contributed by atoms with E-state index in [0.717, 1.165) is 38.1 Å². The molecule has 0 bridgehead atoms. The summed E-state index contributed by atoms with van der Waals surface area (Å²) < 4.78 is 37.3. The zero-order chi connectivity index (χ0) is 14.8. The molecule has 1 heterocycles. The van der Waals surface area contributed by atoms with Crippen molar-refractivity contribution in [2.75, 3.05) is 13.1 Å². The number of piperidine rings is 1. The Kier molecular flexibility index (Phi) is 4.04. The largest absolute Gasteiger partial charge is 0.416 e. The van der Waals surface area contributed by atoms with Gasteiger partial charge in [-0.1, -0.05) is 0 Å². The van der Waals surface area contributed by atoms with Gasteiger partial charge in [0.2, 0.25) is 0 Å². The highest BCUT2D eigenvalue weighted by molar-refractivity contribution is 5.94. The van der Waals surface area contributed by atoms with Gasteiger partial charge < -0.3 is 10.6 Å². The second-order valence-corrected chi connectivity index (χ2v) is 5.34. The van der Waals surface area contributed by atoms with Crippen LogP contribution in [0.5, 0.6) is 0 Å². The Balaban J connectivity index is 2.06. The number of carbonyl (C=O) groups excluding carboxylic acids is 1. The Morgan fingerprint density at radius 3 is 2.25 bits per heavy atom. The average molecular weight is 286 g/mol. The van der Waals surface area contributed by atoms with E-state index in [1.807, 2.05) is 6.92 Å². The molecule has 1 saturated heterocycles. The maximum absolute atomic E-state index is 12.4. The molecule has 6 heteroatoms. The molecule has 20 heavy (non-hydrogen) atoms. The second kappa shape index (κ2) is 5.44. The molecule has 1 aliphatic rings. The minimum atomic E-state index is -4.38. The van der Waals surface area contributed by atoms with Gasteiger partial charge in [-0.15, -0.1) is 0 Å². The molecule has 0 spiro atoms. The van der Waals surface area contributed by atoms with Gasteiger partial charge in [0.15, 0.2) is 0 Å². The number of alkyl halides is 3. The monoisotopic (exact) mass is 286 g/mol. The van der Waals surface area contributed by atoms with Crippen LogP contribution in [0.4, 0.5) is 13.2 Å². The normalized spacial score (nSPS) is 18.6. The Morgan fingerprint density at radius 2 is 1.75 bits per heavy atom.